The molecule has 1 fully saturated rings. The molecule has 2 rings (SSSR count). The molecule has 1 aromatic heterocycles. The lowest BCUT2D eigenvalue weighted by atomic mass is 9.99. The van der Waals surface area contributed by atoms with E-state index in [4.69, 9.17) is 9.47 Å². The van der Waals surface area contributed by atoms with E-state index in [1.54, 1.807) is 18.5 Å². The Morgan fingerprint density at radius 3 is 2.95 bits per heavy atom. The number of hydrazone groups is 1. The average Bonchev–Trinajstić information content (AvgIpc) is 2.49. The van der Waals surface area contributed by atoms with Crippen LogP contribution in [-0.4, -0.2) is 43.9 Å². The van der Waals surface area contributed by atoms with E-state index in [0.29, 0.717) is 18.9 Å². The van der Waals surface area contributed by atoms with Gasteiger partial charge in [0.15, 0.2) is 0 Å². The number of pyridine rings is 1. The van der Waals surface area contributed by atoms with Crippen LogP contribution in [0.5, 0.6) is 0 Å². The van der Waals surface area contributed by atoms with Gasteiger partial charge in [0.1, 0.15) is 6.79 Å². The van der Waals surface area contributed by atoms with Gasteiger partial charge in [-0.15, -0.1) is 0 Å². The number of hydrogen-bond acceptors (Lipinski definition) is 6. The van der Waals surface area contributed by atoms with Crippen molar-refractivity contribution in [3.8, 4) is 0 Å². The largest absolute Gasteiger partial charge is 0.452 e. The van der Waals surface area contributed by atoms with Crippen molar-refractivity contribution in [2.45, 2.75) is 0 Å². The molecule has 0 unspecified atom stereocenters. The van der Waals surface area contributed by atoms with Crippen molar-refractivity contribution < 1.29 is 19.0 Å². The molecule has 7 heteroatoms. The second-order valence-electron chi connectivity index (χ2n) is 3.90. The molecule has 1 aliphatic heterocycles. The van der Waals surface area contributed by atoms with Crippen LogP contribution in [0.4, 0.5) is 4.79 Å². The number of carbonyl (C=O) groups excluding carboxylic acids is 1. The molecule has 0 bridgehead atoms. The lowest BCUT2D eigenvalue weighted by Gasteiger charge is -2.23. The molecule has 1 N–H and O–H groups in total. The molecule has 19 heavy (non-hydrogen) atoms. The van der Waals surface area contributed by atoms with Gasteiger partial charge >= 0.3 is 6.09 Å². The second-order valence-corrected chi connectivity index (χ2v) is 3.90. The predicted octanol–water partition coefficient (Wildman–Crippen LogP) is 0.762. The monoisotopic (exact) mass is 265 g/mol. The molecule has 1 saturated heterocycles. The lowest BCUT2D eigenvalue weighted by molar-refractivity contribution is -0.111. The maximum Gasteiger partial charge on any atom is 0.427 e. The molecular weight excluding hydrogens is 250 g/mol. The van der Waals surface area contributed by atoms with Crippen LogP contribution in [0.15, 0.2) is 29.6 Å². The Balaban J connectivity index is 2.19. The number of ether oxygens (including phenoxy) is 3. The van der Waals surface area contributed by atoms with Gasteiger partial charge in [0, 0.05) is 18.0 Å². The van der Waals surface area contributed by atoms with E-state index in [1.165, 1.54) is 7.11 Å². The number of methoxy groups -OCH3 is 1. The Morgan fingerprint density at radius 2 is 2.32 bits per heavy atom. The average molecular weight is 265 g/mol. The zero-order chi connectivity index (χ0) is 13.5. The van der Waals surface area contributed by atoms with Gasteiger partial charge in [-0.1, -0.05) is 0 Å². The Hall–Kier alpha value is -1.99. The molecule has 0 radical (unpaired) electrons. The van der Waals surface area contributed by atoms with Gasteiger partial charge in [-0.2, -0.15) is 5.10 Å². The van der Waals surface area contributed by atoms with Crippen LogP contribution >= 0.6 is 0 Å². The molecule has 2 heterocycles. The normalized spacial score (nSPS) is 17.0. The molecule has 0 spiro atoms. The number of nitrogens with zero attached hydrogens (tertiary/aromatic N) is 2. The highest BCUT2D eigenvalue weighted by Crippen LogP contribution is 2.13. The molecule has 102 valence electrons. The van der Waals surface area contributed by atoms with Crippen molar-refractivity contribution in [3.63, 3.8) is 0 Å². The van der Waals surface area contributed by atoms with Gasteiger partial charge < -0.3 is 14.2 Å². The summed E-state index contributed by atoms with van der Waals surface area (Å²) in [5, 5.41) is 4.08. The van der Waals surface area contributed by atoms with Gasteiger partial charge in [0.05, 0.1) is 32.0 Å². The van der Waals surface area contributed by atoms with Gasteiger partial charge in [-0.3, -0.25) is 4.98 Å². The van der Waals surface area contributed by atoms with E-state index in [0.717, 1.165) is 5.56 Å². The first-order valence-corrected chi connectivity index (χ1v) is 5.78. The third-order valence-electron chi connectivity index (χ3n) is 2.60. The van der Waals surface area contributed by atoms with Gasteiger partial charge in [-0.05, 0) is 12.1 Å². The highest BCUT2D eigenvalue weighted by Gasteiger charge is 2.22. The smallest absolute Gasteiger partial charge is 0.427 e. The number of hydrogen-bond donors (Lipinski definition) is 1. The third-order valence-corrected chi connectivity index (χ3v) is 2.60. The summed E-state index contributed by atoms with van der Waals surface area (Å²) in [4.78, 5) is 15.2. The summed E-state index contributed by atoms with van der Waals surface area (Å²) >= 11 is 0. The van der Waals surface area contributed by atoms with Gasteiger partial charge in [0.2, 0.25) is 0 Å². The van der Waals surface area contributed by atoms with Crippen LogP contribution in [0.2, 0.25) is 0 Å². The summed E-state index contributed by atoms with van der Waals surface area (Å²) < 4.78 is 15.0. The highest BCUT2D eigenvalue weighted by molar-refractivity contribution is 6.02. The van der Waals surface area contributed by atoms with Crippen LogP contribution in [0.3, 0.4) is 0 Å². The van der Waals surface area contributed by atoms with Crippen molar-refractivity contribution in [1.29, 1.82) is 0 Å². The van der Waals surface area contributed by atoms with Crippen LogP contribution in [0.1, 0.15) is 5.56 Å². The third kappa shape index (κ3) is 3.73. The summed E-state index contributed by atoms with van der Waals surface area (Å²) in [6.45, 7) is 1.24. The number of amides is 1. The van der Waals surface area contributed by atoms with E-state index in [-0.39, 0.29) is 12.7 Å². The molecule has 7 nitrogen and oxygen atoms in total. The first-order chi connectivity index (χ1) is 9.31. The Labute approximate surface area is 110 Å². The van der Waals surface area contributed by atoms with Crippen molar-refractivity contribution in [2.24, 2.45) is 11.0 Å². The molecule has 1 aromatic rings. The minimum absolute atomic E-state index is 0.0601. The summed E-state index contributed by atoms with van der Waals surface area (Å²) in [5.74, 6) is -0.0601. The zero-order valence-electron chi connectivity index (χ0n) is 10.5. The summed E-state index contributed by atoms with van der Waals surface area (Å²) in [6, 6.07) is 3.66. The fraction of sp³-hybridized carbons (Fsp3) is 0.417. The van der Waals surface area contributed by atoms with Crippen molar-refractivity contribution >= 4 is 11.8 Å². The van der Waals surface area contributed by atoms with Crippen molar-refractivity contribution in [1.82, 2.24) is 10.4 Å². The number of aromatic nitrogens is 1. The minimum Gasteiger partial charge on any atom is -0.452 e. The van der Waals surface area contributed by atoms with Crippen LogP contribution in [0, 0.1) is 5.92 Å². The van der Waals surface area contributed by atoms with Crippen LogP contribution in [0.25, 0.3) is 0 Å². The van der Waals surface area contributed by atoms with Crippen LogP contribution < -0.4 is 5.43 Å². The first-order valence-electron chi connectivity index (χ1n) is 5.78. The van der Waals surface area contributed by atoms with Crippen LogP contribution in [-0.2, 0) is 14.2 Å². The number of rotatable bonds is 3. The quantitative estimate of drug-likeness (QED) is 0.644. The van der Waals surface area contributed by atoms with E-state index < -0.39 is 6.09 Å². The summed E-state index contributed by atoms with van der Waals surface area (Å²) in [7, 11) is 1.28. The maximum atomic E-state index is 11.1. The number of nitrogens with one attached hydrogen (secondary N) is 1. The summed E-state index contributed by atoms with van der Waals surface area (Å²) in [5.41, 5.74) is 3.77. The Kier molecular flexibility index (Phi) is 4.82. The molecule has 0 saturated carbocycles. The molecule has 1 amide bonds. The predicted molar refractivity (Wildman–Crippen MR) is 66.6 cm³/mol. The zero-order valence-corrected chi connectivity index (χ0v) is 10.5. The molecule has 0 aromatic carbocycles. The SMILES string of the molecule is COC(=O)NN=C(c1cccnc1)C1COCOC1. The molecule has 1 aliphatic rings. The fourth-order valence-electron chi connectivity index (χ4n) is 1.70. The fourth-order valence-corrected chi connectivity index (χ4v) is 1.70. The molecule has 0 atom stereocenters. The molecular formula is C12H15N3O4. The Bertz CT molecular complexity index is 444. The van der Waals surface area contributed by atoms with E-state index in [2.05, 4.69) is 20.2 Å². The maximum absolute atomic E-state index is 11.1. The van der Waals surface area contributed by atoms with Gasteiger partial charge in [0.25, 0.3) is 0 Å². The minimum atomic E-state index is -0.626. The second kappa shape index (κ2) is 6.81. The van der Waals surface area contributed by atoms with Crippen molar-refractivity contribution in [3.05, 3.63) is 30.1 Å². The Morgan fingerprint density at radius 1 is 1.53 bits per heavy atom. The van der Waals surface area contributed by atoms with Crippen molar-refractivity contribution in [2.75, 3.05) is 27.1 Å². The topological polar surface area (TPSA) is 82.0 Å². The van der Waals surface area contributed by atoms with Gasteiger partial charge in [-0.25, -0.2) is 10.2 Å². The standard InChI is InChI=1S/C12H15N3O4/c1-17-12(16)15-14-11(9-3-2-4-13-5-9)10-6-18-8-19-7-10/h2-5,10H,6-8H2,1H3,(H,15,16). The van der Waals surface area contributed by atoms with E-state index in [1.807, 2.05) is 6.07 Å². The lowest BCUT2D eigenvalue weighted by Crippen LogP contribution is -2.33. The molecule has 0 aliphatic carbocycles. The highest BCUT2D eigenvalue weighted by atomic mass is 16.7. The number of carbonyl (C=O) groups is 1. The van der Waals surface area contributed by atoms with E-state index >= 15 is 0 Å². The van der Waals surface area contributed by atoms with E-state index in [9.17, 15) is 4.79 Å². The first kappa shape index (κ1) is 13.4. The summed E-state index contributed by atoms with van der Waals surface area (Å²) in [6.07, 6.45) is 2.72.